The molecule has 3 heteroatoms. The van der Waals surface area contributed by atoms with Gasteiger partial charge in [0.15, 0.2) is 0 Å². The van der Waals surface area contributed by atoms with Gasteiger partial charge in [0, 0.05) is 30.2 Å². The minimum absolute atomic E-state index is 0.0427. The van der Waals surface area contributed by atoms with Gasteiger partial charge in [-0.15, -0.1) is 0 Å². The SMILES string of the molecule is Cn1cc([C@@H](N)CCN)c2ccccc21. The Hall–Kier alpha value is -1.32. The summed E-state index contributed by atoms with van der Waals surface area (Å²) < 4.78 is 2.11. The van der Waals surface area contributed by atoms with Crippen LogP contribution in [0.3, 0.4) is 0 Å². The normalized spacial score (nSPS) is 13.3. The molecule has 0 radical (unpaired) electrons. The number of aromatic nitrogens is 1. The van der Waals surface area contributed by atoms with E-state index in [4.69, 9.17) is 11.5 Å². The van der Waals surface area contributed by atoms with Crippen LogP contribution in [0.5, 0.6) is 0 Å². The number of hydrogen-bond acceptors (Lipinski definition) is 2. The van der Waals surface area contributed by atoms with Crippen LogP contribution in [-0.4, -0.2) is 11.1 Å². The Bertz CT molecular complexity index is 459. The third kappa shape index (κ3) is 1.76. The Labute approximate surface area is 89.7 Å². The summed E-state index contributed by atoms with van der Waals surface area (Å²) in [6.07, 6.45) is 2.93. The first kappa shape index (κ1) is 10.2. The van der Waals surface area contributed by atoms with Crippen LogP contribution in [0, 0.1) is 0 Å². The molecule has 0 aliphatic carbocycles. The van der Waals surface area contributed by atoms with Crippen molar-refractivity contribution >= 4 is 10.9 Å². The molecular weight excluding hydrogens is 186 g/mol. The van der Waals surface area contributed by atoms with E-state index in [1.807, 2.05) is 19.2 Å². The van der Waals surface area contributed by atoms with Crippen molar-refractivity contribution in [1.82, 2.24) is 4.57 Å². The Morgan fingerprint density at radius 1 is 1.33 bits per heavy atom. The van der Waals surface area contributed by atoms with Gasteiger partial charge in [0.05, 0.1) is 0 Å². The van der Waals surface area contributed by atoms with E-state index in [0.717, 1.165) is 6.42 Å². The first-order chi connectivity index (χ1) is 7.24. The van der Waals surface area contributed by atoms with Gasteiger partial charge < -0.3 is 16.0 Å². The number of nitrogens with zero attached hydrogens (tertiary/aromatic N) is 1. The van der Waals surface area contributed by atoms with Gasteiger partial charge >= 0.3 is 0 Å². The van der Waals surface area contributed by atoms with Crippen LogP contribution in [0.25, 0.3) is 10.9 Å². The van der Waals surface area contributed by atoms with Gasteiger partial charge in [-0.2, -0.15) is 0 Å². The second-order valence-corrected chi connectivity index (χ2v) is 3.90. The standard InChI is InChI=1S/C12H17N3/c1-15-8-10(11(14)6-7-13)9-4-2-3-5-12(9)15/h2-5,8,11H,6-7,13-14H2,1H3/t11-/m0/s1. The van der Waals surface area contributed by atoms with Crippen LogP contribution in [0.1, 0.15) is 18.0 Å². The lowest BCUT2D eigenvalue weighted by molar-refractivity contribution is 0.663. The summed E-state index contributed by atoms with van der Waals surface area (Å²) in [7, 11) is 2.04. The molecule has 80 valence electrons. The first-order valence-electron chi connectivity index (χ1n) is 5.23. The average molecular weight is 203 g/mol. The van der Waals surface area contributed by atoms with Crippen molar-refractivity contribution in [3.05, 3.63) is 36.0 Å². The molecule has 0 bridgehead atoms. The zero-order valence-corrected chi connectivity index (χ0v) is 8.98. The van der Waals surface area contributed by atoms with Crippen LogP contribution in [0.15, 0.2) is 30.5 Å². The first-order valence-corrected chi connectivity index (χ1v) is 5.23. The fraction of sp³-hybridized carbons (Fsp3) is 0.333. The fourth-order valence-electron chi connectivity index (χ4n) is 2.00. The maximum atomic E-state index is 6.09. The van der Waals surface area contributed by atoms with Crippen molar-refractivity contribution in [2.45, 2.75) is 12.5 Å². The maximum absolute atomic E-state index is 6.09. The molecule has 0 fully saturated rings. The summed E-state index contributed by atoms with van der Waals surface area (Å²) in [6.45, 7) is 0.629. The summed E-state index contributed by atoms with van der Waals surface area (Å²) in [5.74, 6) is 0. The Morgan fingerprint density at radius 3 is 2.80 bits per heavy atom. The molecule has 0 saturated heterocycles. The Kier molecular flexibility index (Phi) is 2.75. The zero-order chi connectivity index (χ0) is 10.8. The molecule has 2 rings (SSSR count). The van der Waals surface area contributed by atoms with Gasteiger partial charge in [0.2, 0.25) is 0 Å². The lowest BCUT2D eigenvalue weighted by atomic mass is 10.0. The largest absolute Gasteiger partial charge is 0.350 e. The monoisotopic (exact) mass is 203 g/mol. The van der Waals surface area contributed by atoms with Crippen molar-refractivity contribution in [2.75, 3.05) is 6.54 Å². The third-order valence-corrected chi connectivity index (χ3v) is 2.80. The second-order valence-electron chi connectivity index (χ2n) is 3.90. The number of hydrogen-bond donors (Lipinski definition) is 2. The minimum atomic E-state index is 0.0427. The van der Waals surface area contributed by atoms with Crippen molar-refractivity contribution in [3.63, 3.8) is 0 Å². The Morgan fingerprint density at radius 2 is 2.07 bits per heavy atom. The third-order valence-electron chi connectivity index (χ3n) is 2.80. The molecule has 0 saturated carbocycles. The van der Waals surface area contributed by atoms with Crippen molar-refractivity contribution in [3.8, 4) is 0 Å². The number of aryl methyl sites for hydroxylation is 1. The van der Waals surface area contributed by atoms with Crippen molar-refractivity contribution < 1.29 is 0 Å². The topological polar surface area (TPSA) is 57.0 Å². The summed E-state index contributed by atoms with van der Waals surface area (Å²) in [5, 5.41) is 1.24. The minimum Gasteiger partial charge on any atom is -0.350 e. The molecule has 4 N–H and O–H groups in total. The number of para-hydroxylation sites is 1. The highest BCUT2D eigenvalue weighted by molar-refractivity contribution is 5.84. The molecule has 0 amide bonds. The number of fused-ring (bicyclic) bond motifs is 1. The molecule has 3 nitrogen and oxygen atoms in total. The smallest absolute Gasteiger partial charge is 0.0481 e. The molecule has 0 spiro atoms. The molecule has 2 aromatic rings. The van der Waals surface area contributed by atoms with E-state index < -0.39 is 0 Å². The molecule has 0 aliphatic rings. The fourth-order valence-corrected chi connectivity index (χ4v) is 2.00. The highest BCUT2D eigenvalue weighted by Crippen LogP contribution is 2.25. The van der Waals surface area contributed by atoms with Crippen LogP contribution in [-0.2, 0) is 7.05 Å². The highest BCUT2D eigenvalue weighted by Gasteiger charge is 2.11. The average Bonchev–Trinajstić information content (AvgIpc) is 2.58. The van der Waals surface area contributed by atoms with E-state index in [9.17, 15) is 0 Å². The maximum Gasteiger partial charge on any atom is 0.0481 e. The van der Waals surface area contributed by atoms with Crippen LogP contribution >= 0.6 is 0 Å². The molecule has 1 aromatic heterocycles. The van der Waals surface area contributed by atoms with E-state index >= 15 is 0 Å². The predicted molar refractivity (Wildman–Crippen MR) is 63.5 cm³/mol. The summed E-state index contributed by atoms with van der Waals surface area (Å²) in [6, 6.07) is 8.34. The molecular formula is C12H17N3. The van der Waals surface area contributed by atoms with Gasteiger partial charge in [-0.1, -0.05) is 18.2 Å². The molecule has 1 heterocycles. The van der Waals surface area contributed by atoms with E-state index in [2.05, 4.69) is 22.9 Å². The van der Waals surface area contributed by atoms with Crippen LogP contribution in [0.2, 0.25) is 0 Å². The van der Waals surface area contributed by atoms with E-state index in [1.165, 1.54) is 16.5 Å². The zero-order valence-electron chi connectivity index (χ0n) is 8.98. The lowest BCUT2D eigenvalue weighted by Crippen LogP contribution is -2.14. The summed E-state index contributed by atoms with van der Waals surface area (Å²) in [5.41, 5.74) is 14.0. The van der Waals surface area contributed by atoms with E-state index in [-0.39, 0.29) is 6.04 Å². The van der Waals surface area contributed by atoms with Gasteiger partial charge in [-0.3, -0.25) is 0 Å². The van der Waals surface area contributed by atoms with Crippen LogP contribution in [0.4, 0.5) is 0 Å². The van der Waals surface area contributed by atoms with E-state index in [0.29, 0.717) is 6.54 Å². The number of nitrogens with two attached hydrogens (primary N) is 2. The quantitative estimate of drug-likeness (QED) is 0.794. The number of benzene rings is 1. The van der Waals surface area contributed by atoms with Gasteiger partial charge in [-0.05, 0) is 24.6 Å². The van der Waals surface area contributed by atoms with Crippen molar-refractivity contribution in [2.24, 2.45) is 18.5 Å². The van der Waals surface area contributed by atoms with E-state index in [1.54, 1.807) is 0 Å². The van der Waals surface area contributed by atoms with Crippen molar-refractivity contribution in [1.29, 1.82) is 0 Å². The van der Waals surface area contributed by atoms with Gasteiger partial charge in [0.1, 0.15) is 0 Å². The van der Waals surface area contributed by atoms with Crippen LogP contribution < -0.4 is 11.5 Å². The van der Waals surface area contributed by atoms with Gasteiger partial charge in [-0.25, -0.2) is 0 Å². The molecule has 0 unspecified atom stereocenters. The predicted octanol–water partition coefficient (Wildman–Crippen LogP) is 1.53. The summed E-state index contributed by atoms with van der Waals surface area (Å²) in [4.78, 5) is 0. The highest BCUT2D eigenvalue weighted by atomic mass is 14.9. The molecule has 0 aliphatic heterocycles. The second kappa shape index (κ2) is 4.04. The Balaban J connectivity index is 2.52. The molecule has 1 atom stereocenters. The molecule has 15 heavy (non-hydrogen) atoms. The molecule has 1 aromatic carbocycles. The number of rotatable bonds is 3. The van der Waals surface area contributed by atoms with Gasteiger partial charge in [0.25, 0.3) is 0 Å². The summed E-state index contributed by atoms with van der Waals surface area (Å²) >= 11 is 0. The lowest BCUT2D eigenvalue weighted by Gasteiger charge is -2.08.